The minimum absolute atomic E-state index is 0.0489. The lowest BCUT2D eigenvalue weighted by Gasteiger charge is -2.60. The van der Waals surface area contributed by atoms with Crippen LogP contribution in [-0.4, -0.2) is 64.6 Å². The van der Waals surface area contributed by atoms with Crippen LogP contribution >= 0.6 is 0 Å². The summed E-state index contributed by atoms with van der Waals surface area (Å²) in [5, 5.41) is 11.4. The van der Waals surface area contributed by atoms with Gasteiger partial charge in [0.25, 0.3) is 5.69 Å². The zero-order valence-electron chi connectivity index (χ0n) is 34.1. The van der Waals surface area contributed by atoms with E-state index in [1.165, 1.54) is 24.3 Å². The van der Waals surface area contributed by atoms with E-state index in [0.717, 1.165) is 51.4 Å². The normalized spacial score (nSPS) is 47.4. The number of non-ortho nitro benzene ring substituents is 1. The Morgan fingerprint density at radius 2 is 1.19 bits per heavy atom. The summed E-state index contributed by atoms with van der Waals surface area (Å²) >= 11 is 0. The Morgan fingerprint density at radius 1 is 0.737 bits per heavy atom. The van der Waals surface area contributed by atoms with Gasteiger partial charge in [0.15, 0.2) is 23.8 Å². The third-order valence-electron chi connectivity index (χ3n) is 15.8. The Labute approximate surface area is 335 Å². The molecule has 8 aliphatic heterocycles. The van der Waals surface area contributed by atoms with E-state index in [9.17, 15) is 14.9 Å². The van der Waals surface area contributed by atoms with Crippen LogP contribution in [0.4, 0.5) is 5.69 Å². The molecule has 11 rings (SSSR count). The standard InChI is InChI=1S/C44H59NO12/c1-23-9-15-33-27(5)35(49-39-43(33)31(23)17-19-41(7,52-39)54-56-43)21-25(3)37(51-38(46)29-11-13-30(14-12-29)45(47)48)26(4)22-36-28(6)34-16-10-24(2)32-18-20-42(8)53-40(50-36)44(32,34)57-55-42/h11-14,23-24,27-28,31-37,39-40H,3-4,9-10,15-22H2,1-2,5-8H3/t23-,24-,27-,28-,31+,32+,33+,34+,35-,36-,37?,39-,40-,41+,42+,43?,44?/m1/s1. The van der Waals surface area contributed by atoms with Crippen molar-refractivity contribution in [2.75, 3.05) is 0 Å². The maximum absolute atomic E-state index is 13.9. The highest BCUT2D eigenvalue weighted by molar-refractivity contribution is 5.90. The van der Waals surface area contributed by atoms with E-state index in [1.807, 2.05) is 13.8 Å². The predicted octanol–water partition coefficient (Wildman–Crippen LogP) is 8.51. The average Bonchev–Trinajstić information content (AvgIpc) is 3.55. The molecule has 0 amide bonds. The van der Waals surface area contributed by atoms with Crippen LogP contribution in [0.15, 0.2) is 48.6 Å². The van der Waals surface area contributed by atoms with E-state index in [4.69, 9.17) is 43.2 Å². The van der Waals surface area contributed by atoms with Crippen LogP contribution in [0, 0.1) is 57.5 Å². The van der Waals surface area contributed by atoms with Gasteiger partial charge >= 0.3 is 5.97 Å². The first kappa shape index (κ1) is 39.7. The van der Waals surface area contributed by atoms with Crippen molar-refractivity contribution in [2.45, 2.75) is 159 Å². The molecule has 2 aliphatic carbocycles. The van der Waals surface area contributed by atoms with E-state index in [-0.39, 0.29) is 59.0 Å². The number of hydrogen-bond acceptors (Lipinski definition) is 12. The van der Waals surface area contributed by atoms with Crippen molar-refractivity contribution in [1.29, 1.82) is 0 Å². The molecule has 1 aromatic rings. The van der Waals surface area contributed by atoms with Gasteiger partial charge < -0.3 is 23.7 Å². The Hall–Kier alpha value is -2.75. The molecule has 10 aliphatic rings. The molecule has 13 nitrogen and oxygen atoms in total. The van der Waals surface area contributed by atoms with Crippen molar-refractivity contribution in [2.24, 2.45) is 47.3 Å². The van der Waals surface area contributed by atoms with E-state index >= 15 is 0 Å². The maximum Gasteiger partial charge on any atom is 0.339 e. The van der Waals surface area contributed by atoms with Gasteiger partial charge in [0.05, 0.1) is 22.7 Å². The highest BCUT2D eigenvalue weighted by Crippen LogP contribution is 2.63. The number of hydrogen-bond donors (Lipinski definition) is 0. The van der Waals surface area contributed by atoms with Crippen molar-refractivity contribution in [3.05, 3.63) is 64.2 Å². The third-order valence-corrected chi connectivity index (χ3v) is 15.8. The Bertz CT molecular complexity index is 1700. The molecule has 1 aromatic carbocycles. The molecule has 2 unspecified atom stereocenters. The minimum atomic E-state index is -0.906. The molecule has 0 radical (unpaired) electrons. The first-order chi connectivity index (χ1) is 27.1. The SMILES string of the molecule is C=C(C[C@H]1O[C@@H]2O[C@]3(C)CC[C@H]4[C@H](C)CC[C@@H]([C@H]1C)C24OO3)C(OC(=O)c1ccc([N+](=O)[O-])cc1)C(=C)C[C@H]1O[C@@H]2O[C@]3(C)CC[C@H]4[C@H](C)CC[C@@H]([C@H]1C)C24OO3. The van der Waals surface area contributed by atoms with Gasteiger partial charge in [-0.15, -0.1) is 0 Å². The number of fused-ring (bicyclic) bond motifs is 4. The zero-order chi connectivity index (χ0) is 40.2. The van der Waals surface area contributed by atoms with Gasteiger partial charge in [-0.05, 0) is 124 Å². The third kappa shape index (κ3) is 6.28. The summed E-state index contributed by atoms with van der Waals surface area (Å²) in [6, 6.07) is 5.41. The summed E-state index contributed by atoms with van der Waals surface area (Å²) < 4.78 is 33.4. The summed E-state index contributed by atoms with van der Waals surface area (Å²) in [6.07, 6.45) is 5.35. The van der Waals surface area contributed by atoms with Gasteiger partial charge in [-0.25, -0.2) is 24.3 Å². The monoisotopic (exact) mass is 793 g/mol. The number of carbonyl (C=O) groups excluding carboxylic acids is 1. The van der Waals surface area contributed by atoms with Crippen molar-refractivity contribution in [1.82, 2.24) is 0 Å². The van der Waals surface area contributed by atoms with Crippen LogP contribution < -0.4 is 0 Å². The fraction of sp³-hybridized carbons (Fsp3) is 0.750. The lowest BCUT2D eigenvalue weighted by atomic mass is 9.57. The summed E-state index contributed by atoms with van der Waals surface area (Å²) in [6.45, 7) is 21.9. The summed E-state index contributed by atoms with van der Waals surface area (Å²) in [7, 11) is 0. The minimum Gasteiger partial charge on any atom is -0.450 e. The van der Waals surface area contributed by atoms with Crippen LogP contribution in [-0.2, 0) is 43.2 Å². The van der Waals surface area contributed by atoms with Crippen LogP contribution in [0.2, 0.25) is 0 Å². The van der Waals surface area contributed by atoms with Crippen molar-refractivity contribution < 1.29 is 53.0 Å². The molecule has 13 heteroatoms. The van der Waals surface area contributed by atoms with Gasteiger partial charge in [-0.2, -0.15) is 0 Å². The van der Waals surface area contributed by atoms with Crippen LogP contribution in [0.1, 0.15) is 116 Å². The van der Waals surface area contributed by atoms with Gasteiger partial charge in [0.2, 0.25) is 11.6 Å². The quantitative estimate of drug-likeness (QED) is 0.0778. The Kier molecular flexibility index (Phi) is 9.88. The molecule has 0 N–H and O–H groups in total. The van der Waals surface area contributed by atoms with Gasteiger partial charge in [-0.3, -0.25) is 10.1 Å². The lowest BCUT2D eigenvalue weighted by molar-refractivity contribution is -0.571. The van der Waals surface area contributed by atoms with Crippen LogP contribution in [0.25, 0.3) is 0 Å². The molecule has 10 fully saturated rings. The van der Waals surface area contributed by atoms with E-state index in [1.54, 1.807) is 0 Å². The number of nitrogens with zero attached hydrogens (tertiary/aromatic N) is 1. The zero-order valence-corrected chi connectivity index (χ0v) is 34.1. The average molecular weight is 794 g/mol. The molecule has 8 saturated heterocycles. The molecule has 312 valence electrons. The number of carbonyl (C=O) groups is 1. The molecule has 0 aromatic heterocycles. The highest BCUT2D eigenvalue weighted by atomic mass is 17.3. The number of rotatable bonds is 9. The predicted molar refractivity (Wildman–Crippen MR) is 203 cm³/mol. The Balaban J connectivity index is 0.984. The first-order valence-electron chi connectivity index (χ1n) is 21.3. The summed E-state index contributed by atoms with van der Waals surface area (Å²) in [4.78, 5) is 49.5. The number of nitro groups is 1. The fourth-order valence-corrected chi connectivity index (χ4v) is 12.5. The number of nitro benzene ring substituents is 1. The van der Waals surface area contributed by atoms with Crippen LogP contribution in [0.3, 0.4) is 0 Å². The number of benzene rings is 1. The number of ether oxygens (including phenoxy) is 5. The van der Waals surface area contributed by atoms with Crippen LogP contribution in [0.5, 0.6) is 0 Å². The van der Waals surface area contributed by atoms with Gasteiger partial charge in [-0.1, -0.05) is 40.9 Å². The Morgan fingerprint density at radius 3 is 1.63 bits per heavy atom. The topological polar surface area (TPSA) is 143 Å². The van der Waals surface area contributed by atoms with Crippen molar-refractivity contribution >= 4 is 11.7 Å². The summed E-state index contributed by atoms with van der Waals surface area (Å²) in [5.41, 5.74) is -0.0792. The second kappa shape index (κ2) is 14.2. The molecule has 2 saturated carbocycles. The largest absolute Gasteiger partial charge is 0.450 e. The second-order valence-corrected chi connectivity index (χ2v) is 19.2. The maximum atomic E-state index is 13.9. The highest BCUT2D eigenvalue weighted by Gasteiger charge is 2.71. The molecule has 4 bridgehead atoms. The smallest absolute Gasteiger partial charge is 0.339 e. The van der Waals surface area contributed by atoms with E-state index in [0.29, 0.717) is 35.8 Å². The first-order valence-corrected chi connectivity index (χ1v) is 21.3. The summed E-state index contributed by atoms with van der Waals surface area (Å²) in [5.74, 6) is -0.759. The molecule has 57 heavy (non-hydrogen) atoms. The second-order valence-electron chi connectivity index (χ2n) is 19.2. The van der Waals surface area contributed by atoms with Crippen molar-refractivity contribution in [3.63, 3.8) is 0 Å². The number of esters is 1. The van der Waals surface area contributed by atoms with Crippen molar-refractivity contribution in [3.8, 4) is 0 Å². The van der Waals surface area contributed by atoms with E-state index < -0.39 is 52.4 Å². The molecule has 16 atom stereocenters. The van der Waals surface area contributed by atoms with Gasteiger partial charge in [0.1, 0.15) is 6.10 Å². The fourth-order valence-electron chi connectivity index (χ4n) is 12.5. The van der Waals surface area contributed by atoms with Gasteiger partial charge in [0, 0.05) is 36.8 Å². The molecular weight excluding hydrogens is 734 g/mol. The lowest BCUT2D eigenvalue weighted by Crippen LogP contribution is -2.70. The molecule has 8 heterocycles. The molecular formula is C44H59NO12. The van der Waals surface area contributed by atoms with E-state index in [2.05, 4.69) is 40.9 Å². The molecule has 2 spiro atoms.